The van der Waals surface area contributed by atoms with Crippen molar-refractivity contribution in [2.75, 3.05) is 11.9 Å². The van der Waals surface area contributed by atoms with E-state index in [-0.39, 0.29) is 0 Å². The summed E-state index contributed by atoms with van der Waals surface area (Å²) in [7, 11) is 0. The van der Waals surface area contributed by atoms with E-state index in [0.29, 0.717) is 12.6 Å². The van der Waals surface area contributed by atoms with Gasteiger partial charge in [0.15, 0.2) is 5.65 Å². The number of imidazole rings is 1. The molecule has 1 saturated carbocycles. The second-order valence-electron chi connectivity index (χ2n) is 4.30. The molecule has 5 nitrogen and oxygen atoms in total. The third kappa shape index (κ3) is 2.14. The number of halogens is 1. The van der Waals surface area contributed by atoms with Crippen LogP contribution in [0.15, 0.2) is 16.7 Å². The number of nitrogens with one attached hydrogen (secondary N) is 1. The number of hydrogen-bond acceptors (Lipinski definition) is 4. The van der Waals surface area contributed by atoms with E-state index in [1.165, 1.54) is 12.8 Å². The van der Waals surface area contributed by atoms with Crippen LogP contribution in [-0.2, 0) is 6.42 Å². The molecule has 3 N–H and O–H groups in total. The summed E-state index contributed by atoms with van der Waals surface area (Å²) < 4.78 is 2.72. The van der Waals surface area contributed by atoms with Crippen molar-refractivity contribution in [3.05, 3.63) is 22.4 Å². The molecule has 0 unspecified atom stereocenters. The highest BCUT2D eigenvalue weighted by Crippen LogP contribution is 2.25. The first-order chi connectivity index (χ1) is 8.28. The van der Waals surface area contributed by atoms with Crippen molar-refractivity contribution in [1.29, 1.82) is 0 Å². The predicted octanol–water partition coefficient (Wildman–Crippen LogP) is 1.57. The predicted molar refractivity (Wildman–Crippen MR) is 70.1 cm³/mol. The van der Waals surface area contributed by atoms with Crippen molar-refractivity contribution < 1.29 is 0 Å². The van der Waals surface area contributed by atoms with E-state index in [2.05, 4.69) is 31.3 Å². The summed E-state index contributed by atoms with van der Waals surface area (Å²) in [5.41, 5.74) is 7.36. The average molecular weight is 296 g/mol. The van der Waals surface area contributed by atoms with E-state index >= 15 is 0 Å². The maximum atomic E-state index is 5.55. The molecule has 1 aliphatic rings. The maximum Gasteiger partial charge on any atom is 0.155 e. The molecule has 17 heavy (non-hydrogen) atoms. The van der Waals surface area contributed by atoms with E-state index in [0.717, 1.165) is 28.2 Å². The molecule has 3 rings (SSSR count). The van der Waals surface area contributed by atoms with Gasteiger partial charge in [-0.3, -0.25) is 0 Å². The molecule has 0 atom stereocenters. The second kappa shape index (κ2) is 4.27. The highest BCUT2D eigenvalue weighted by molar-refractivity contribution is 9.10. The van der Waals surface area contributed by atoms with Crippen molar-refractivity contribution >= 4 is 27.4 Å². The molecular weight excluding hydrogens is 282 g/mol. The fourth-order valence-electron chi connectivity index (χ4n) is 1.76. The Balaban J connectivity index is 1.98. The van der Waals surface area contributed by atoms with Gasteiger partial charge in [-0.15, -0.1) is 5.10 Å². The Morgan fingerprint density at radius 2 is 2.29 bits per heavy atom. The molecule has 0 radical (unpaired) electrons. The van der Waals surface area contributed by atoms with Crippen LogP contribution in [0, 0.1) is 0 Å². The summed E-state index contributed by atoms with van der Waals surface area (Å²) in [4.78, 5) is 4.48. The van der Waals surface area contributed by atoms with E-state index < -0.39 is 0 Å². The number of anilines is 1. The van der Waals surface area contributed by atoms with Crippen LogP contribution in [0.3, 0.4) is 0 Å². The quantitative estimate of drug-likeness (QED) is 0.898. The van der Waals surface area contributed by atoms with Crippen LogP contribution in [0.25, 0.3) is 5.65 Å². The van der Waals surface area contributed by atoms with Gasteiger partial charge in [0.1, 0.15) is 10.4 Å². The Labute approximate surface area is 108 Å². The lowest BCUT2D eigenvalue weighted by molar-refractivity contribution is 0.887. The van der Waals surface area contributed by atoms with E-state index in [1.807, 2.05) is 16.6 Å². The molecule has 1 aliphatic carbocycles. The topological polar surface area (TPSA) is 68.2 Å². The van der Waals surface area contributed by atoms with Crippen molar-refractivity contribution in [2.45, 2.75) is 25.3 Å². The van der Waals surface area contributed by atoms with Crippen molar-refractivity contribution in [2.24, 2.45) is 5.73 Å². The van der Waals surface area contributed by atoms with Crippen LogP contribution < -0.4 is 11.1 Å². The Bertz CT molecular complexity index is 546. The molecule has 0 spiro atoms. The van der Waals surface area contributed by atoms with Gasteiger partial charge in [-0.25, -0.2) is 9.50 Å². The van der Waals surface area contributed by atoms with Gasteiger partial charge in [-0.05, 0) is 47.4 Å². The number of aromatic nitrogens is 3. The number of fused-ring (bicyclic) bond motifs is 1. The van der Waals surface area contributed by atoms with Crippen molar-refractivity contribution in [3.63, 3.8) is 0 Å². The first kappa shape index (κ1) is 11.0. The molecule has 90 valence electrons. The Morgan fingerprint density at radius 1 is 1.47 bits per heavy atom. The van der Waals surface area contributed by atoms with Gasteiger partial charge in [0, 0.05) is 12.5 Å². The zero-order chi connectivity index (χ0) is 11.8. The molecule has 1 fully saturated rings. The molecule has 0 saturated heterocycles. The Morgan fingerprint density at radius 3 is 3.00 bits per heavy atom. The van der Waals surface area contributed by atoms with Crippen molar-refractivity contribution in [1.82, 2.24) is 14.6 Å². The molecular formula is C11H14BrN5. The van der Waals surface area contributed by atoms with Gasteiger partial charge in [-0.1, -0.05) is 0 Å². The van der Waals surface area contributed by atoms with Gasteiger partial charge in [-0.2, -0.15) is 0 Å². The minimum absolute atomic E-state index is 0.593. The van der Waals surface area contributed by atoms with Gasteiger partial charge in [0.25, 0.3) is 0 Å². The second-order valence-corrected chi connectivity index (χ2v) is 5.05. The summed E-state index contributed by atoms with van der Waals surface area (Å²) in [6, 6.07) is 4.55. The van der Waals surface area contributed by atoms with E-state index in [9.17, 15) is 0 Å². The summed E-state index contributed by atoms with van der Waals surface area (Å²) in [5, 5.41) is 7.88. The zero-order valence-electron chi connectivity index (χ0n) is 9.36. The summed E-state index contributed by atoms with van der Waals surface area (Å²) in [5.74, 6) is 0.900. The Kier molecular flexibility index (Phi) is 2.76. The standard InChI is InChI=1S/C11H14BrN5/c12-11-8(5-6-13)15-10-4-3-9(16-17(10)11)14-7-1-2-7/h3-4,7H,1-2,5-6,13H2,(H,14,16). The number of hydrogen-bond donors (Lipinski definition) is 2. The molecule has 0 aromatic carbocycles. The average Bonchev–Trinajstić information content (AvgIpc) is 3.08. The van der Waals surface area contributed by atoms with E-state index in [1.54, 1.807) is 0 Å². The molecule has 0 aliphatic heterocycles. The Hall–Kier alpha value is -1.14. The SMILES string of the molecule is NCCc1nc2ccc(NC3CC3)nn2c1Br. The fraction of sp³-hybridized carbons (Fsp3) is 0.455. The third-order valence-electron chi connectivity index (χ3n) is 2.80. The van der Waals surface area contributed by atoms with Crippen LogP contribution in [-0.4, -0.2) is 27.2 Å². The maximum absolute atomic E-state index is 5.55. The first-order valence-electron chi connectivity index (χ1n) is 5.78. The molecule has 6 heteroatoms. The highest BCUT2D eigenvalue weighted by Gasteiger charge is 2.21. The number of rotatable bonds is 4. The summed E-state index contributed by atoms with van der Waals surface area (Å²) in [6.07, 6.45) is 3.24. The smallest absolute Gasteiger partial charge is 0.155 e. The third-order valence-corrected chi connectivity index (χ3v) is 3.59. The lowest BCUT2D eigenvalue weighted by Gasteiger charge is -2.03. The van der Waals surface area contributed by atoms with Gasteiger partial charge < -0.3 is 11.1 Å². The lowest BCUT2D eigenvalue weighted by Crippen LogP contribution is -2.05. The largest absolute Gasteiger partial charge is 0.366 e. The monoisotopic (exact) mass is 295 g/mol. The molecule has 2 heterocycles. The normalized spacial score (nSPS) is 15.4. The molecule has 0 amide bonds. The molecule has 2 aromatic rings. The van der Waals surface area contributed by atoms with Crippen molar-refractivity contribution in [3.8, 4) is 0 Å². The summed E-state index contributed by atoms with van der Waals surface area (Å²) in [6.45, 7) is 0.593. The first-order valence-corrected chi connectivity index (χ1v) is 6.58. The van der Waals surface area contributed by atoms with E-state index in [4.69, 9.17) is 5.73 Å². The minimum Gasteiger partial charge on any atom is -0.366 e. The van der Waals surface area contributed by atoms with Gasteiger partial charge >= 0.3 is 0 Å². The summed E-state index contributed by atoms with van der Waals surface area (Å²) >= 11 is 3.52. The molecule has 2 aromatic heterocycles. The van der Waals surface area contributed by atoms with Crippen LogP contribution >= 0.6 is 15.9 Å². The number of nitrogens with two attached hydrogens (primary N) is 1. The van der Waals surface area contributed by atoms with Crippen LogP contribution in [0.1, 0.15) is 18.5 Å². The minimum atomic E-state index is 0.593. The fourth-order valence-corrected chi connectivity index (χ4v) is 2.31. The van der Waals surface area contributed by atoms with Crippen LogP contribution in [0.5, 0.6) is 0 Å². The van der Waals surface area contributed by atoms with Gasteiger partial charge in [0.2, 0.25) is 0 Å². The van der Waals surface area contributed by atoms with Crippen LogP contribution in [0.2, 0.25) is 0 Å². The number of nitrogens with zero attached hydrogens (tertiary/aromatic N) is 3. The molecule has 0 bridgehead atoms. The van der Waals surface area contributed by atoms with Crippen LogP contribution in [0.4, 0.5) is 5.82 Å². The lowest BCUT2D eigenvalue weighted by atomic mass is 10.3. The zero-order valence-corrected chi connectivity index (χ0v) is 10.9. The highest BCUT2D eigenvalue weighted by atomic mass is 79.9. The van der Waals surface area contributed by atoms with Gasteiger partial charge in [0.05, 0.1) is 5.69 Å².